The monoisotopic (exact) mass is 264 g/mol. The first-order valence-corrected chi connectivity index (χ1v) is 7.64. The van der Waals surface area contributed by atoms with Crippen LogP contribution >= 0.6 is 0 Å². The molecular formula is C11H24N2O3S. The van der Waals surface area contributed by atoms with Gasteiger partial charge in [0.2, 0.25) is 0 Å². The van der Waals surface area contributed by atoms with Crippen LogP contribution in [0.15, 0.2) is 0 Å². The SMILES string of the molecule is CC1CCCCN1S(=O)(=O)NC(C)(C)CCO. The van der Waals surface area contributed by atoms with Gasteiger partial charge < -0.3 is 5.11 Å². The quantitative estimate of drug-likeness (QED) is 0.773. The van der Waals surface area contributed by atoms with Crippen LogP contribution < -0.4 is 4.72 Å². The molecule has 0 aromatic carbocycles. The normalized spacial score (nSPS) is 23.9. The standard InChI is InChI=1S/C11H24N2O3S/c1-10-6-4-5-8-13(10)17(15,16)12-11(2,3)7-9-14/h10,12,14H,4-9H2,1-3H3. The Hall–Kier alpha value is -0.170. The molecule has 5 nitrogen and oxygen atoms in total. The maximum atomic E-state index is 12.2. The molecule has 1 fully saturated rings. The fourth-order valence-electron chi connectivity index (χ4n) is 2.17. The van der Waals surface area contributed by atoms with Crippen LogP contribution in [0.4, 0.5) is 0 Å². The van der Waals surface area contributed by atoms with Crippen molar-refractivity contribution in [1.29, 1.82) is 0 Å². The zero-order valence-corrected chi connectivity index (χ0v) is 11.8. The molecule has 0 saturated carbocycles. The molecule has 0 bridgehead atoms. The molecule has 2 N–H and O–H groups in total. The number of nitrogens with one attached hydrogen (secondary N) is 1. The van der Waals surface area contributed by atoms with Crippen molar-refractivity contribution in [2.45, 2.75) is 58.0 Å². The fraction of sp³-hybridized carbons (Fsp3) is 1.00. The second-order valence-corrected chi connectivity index (χ2v) is 7.04. The summed E-state index contributed by atoms with van der Waals surface area (Å²) >= 11 is 0. The van der Waals surface area contributed by atoms with E-state index < -0.39 is 15.7 Å². The van der Waals surface area contributed by atoms with E-state index in [0.717, 1.165) is 19.3 Å². The summed E-state index contributed by atoms with van der Waals surface area (Å²) in [5, 5.41) is 8.91. The molecule has 0 amide bonds. The van der Waals surface area contributed by atoms with Crippen LogP contribution in [0.5, 0.6) is 0 Å². The van der Waals surface area contributed by atoms with Crippen molar-refractivity contribution in [3.63, 3.8) is 0 Å². The smallest absolute Gasteiger partial charge is 0.280 e. The Labute approximate surface area is 104 Å². The van der Waals surface area contributed by atoms with Gasteiger partial charge in [-0.2, -0.15) is 17.4 Å². The number of rotatable bonds is 5. The highest BCUT2D eigenvalue weighted by molar-refractivity contribution is 7.87. The van der Waals surface area contributed by atoms with E-state index >= 15 is 0 Å². The lowest BCUT2D eigenvalue weighted by Gasteiger charge is -2.35. The summed E-state index contributed by atoms with van der Waals surface area (Å²) in [6.07, 6.45) is 3.34. The molecule has 1 saturated heterocycles. The number of hydrogen-bond acceptors (Lipinski definition) is 3. The molecule has 0 spiro atoms. The fourth-order valence-corrected chi connectivity index (χ4v) is 4.03. The lowest BCUT2D eigenvalue weighted by atomic mass is 10.0. The molecule has 0 aromatic heterocycles. The lowest BCUT2D eigenvalue weighted by molar-refractivity contribution is 0.233. The second kappa shape index (κ2) is 5.65. The average Bonchev–Trinajstić information content (AvgIpc) is 2.15. The highest BCUT2D eigenvalue weighted by Crippen LogP contribution is 2.21. The van der Waals surface area contributed by atoms with Crippen LogP contribution in [-0.2, 0) is 10.2 Å². The molecule has 6 heteroatoms. The van der Waals surface area contributed by atoms with Gasteiger partial charge in [0.15, 0.2) is 0 Å². The van der Waals surface area contributed by atoms with Crippen molar-refractivity contribution in [1.82, 2.24) is 9.03 Å². The zero-order valence-electron chi connectivity index (χ0n) is 10.9. The molecule has 1 rings (SSSR count). The molecular weight excluding hydrogens is 240 g/mol. The summed E-state index contributed by atoms with van der Waals surface area (Å²) in [4.78, 5) is 0. The van der Waals surface area contributed by atoms with Gasteiger partial charge in [-0.25, -0.2) is 0 Å². The highest BCUT2D eigenvalue weighted by Gasteiger charge is 2.33. The van der Waals surface area contributed by atoms with Gasteiger partial charge >= 0.3 is 0 Å². The third kappa shape index (κ3) is 4.21. The number of aliphatic hydroxyl groups is 1. The van der Waals surface area contributed by atoms with E-state index in [0.29, 0.717) is 13.0 Å². The van der Waals surface area contributed by atoms with Gasteiger partial charge in [-0.1, -0.05) is 6.42 Å². The summed E-state index contributed by atoms with van der Waals surface area (Å²) in [6.45, 7) is 6.08. The summed E-state index contributed by atoms with van der Waals surface area (Å²) in [5.74, 6) is 0. The second-order valence-electron chi connectivity index (χ2n) is 5.42. The van der Waals surface area contributed by atoms with E-state index in [9.17, 15) is 8.42 Å². The van der Waals surface area contributed by atoms with Crippen LogP contribution in [0.1, 0.15) is 46.5 Å². The van der Waals surface area contributed by atoms with Crippen LogP contribution in [0.2, 0.25) is 0 Å². The van der Waals surface area contributed by atoms with Gasteiger partial charge in [-0.3, -0.25) is 0 Å². The summed E-state index contributed by atoms with van der Waals surface area (Å²) in [7, 11) is -3.44. The predicted molar refractivity (Wildman–Crippen MR) is 67.9 cm³/mol. The third-order valence-corrected chi connectivity index (χ3v) is 5.16. The first-order valence-electron chi connectivity index (χ1n) is 6.20. The molecule has 0 aliphatic carbocycles. The molecule has 1 heterocycles. The molecule has 1 aliphatic heterocycles. The average molecular weight is 264 g/mol. The Morgan fingerprint density at radius 2 is 2.06 bits per heavy atom. The summed E-state index contributed by atoms with van der Waals surface area (Å²) in [5.41, 5.74) is -0.606. The first kappa shape index (κ1) is 14.9. The van der Waals surface area contributed by atoms with Gasteiger partial charge in [0.25, 0.3) is 10.2 Å². The minimum absolute atomic E-state index is 0.0227. The third-order valence-electron chi connectivity index (χ3n) is 3.19. The Balaban J connectivity index is 2.73. The first-order chi connectivity index (χ1) is 7.78. The van der Waals surface area contributed by atoms with E-state index in [4.69, 9.17) is 5.11 Å². The van der Waals surface area contributed by atoms with Crippen molar-refractivity contribution in [2.75, 3.05) is 13.2 Å². The molecule has 0 radical (unpaired) electrons. The molecule has 1 unspecified atom stereocenters. The minimum Gasteiger partial charge on any atom is -0.396 e. The Morgan fingerprint density at radius 1 is 1.41 bits per heavy atom. The van der Waals surface area contributed by atoms with Gasteiger partial charge in [-0.15, -0.1) is 0 Å². The van der Waals surface area contributed by atoms with Gasteiger partial charge in [0, 0.05) is 24.7 Å². The van der Waals surface area contributed by atoms with Crippen LogP contribution in [-0.4, -0.2) is 42.6 Å². The highest BCUT2D eigenvalue weighted by atomic mass is 32.2. The van der Waals surface area contributed by atoms with Gasteiger partial charge in [-0.05, 0) is 40.0 Å². The minimum atomic E-state index is -3.44. The number of piperidine rings is 1. The van der Waals surface area contributed by atoms with Crippen LogP contribution in [0.25, 0.3) is 0 Å². The maximum Gasteiger partial charge on any atom is 0.280 e. The molecule has 0 aromatic rings. The Morgan fingerprint density at radius 3 is 2.59 bits per heavy atom. The summed E-state index contributed by atoms with van der Waals surface area (Å²) < 4.78 is 28.6. The number of hydrogen-bond donors (Lipinski definition) is 2. The maximum absolute atomic E-state index is 12.2. The molecule has 17 heavy (non-hydrogen) atoms. The lowest BCUT2D eigenvalue weighted by Crippen LogP contribution is -2.54. The Kier molecular flexibility index (Phi) is 4.95. The number of aliphatic hydroxyl groups excluding tert-OH is 1. The van der Waals surface area contributed by atoms with Crippen molar-refractivity contribution < 1.29 is 13.5 Å². The predicted octanol–water partition coefficient (Wildman–Crippen LogP) is 0.856. The van der Waals surface area contributed by atoms with Crippen LogP contribution in [0, 0.1) is 0 Å². The van der Waals surface area contributed by atoms with Gasteiger partial charge in [0.1, 0.15) is 0 Å². The molecule has 1 aliphatic rings. The topological polar surface area (TPSA) is 69.6 Å². The van der Waals surface area contributed by atoms with E-state index in [1.165, 1.54) is 4.31 Å². The van der Waals surface area contributed by atoms with Crippen molar-refractivity contribution in [2.24, 2.45) is 0 Å². The van der Waals surface area contributed by atoms with E-state index in [1.807, 2.05) is 6.92 Å². The zero-order chi connectivity index (χ0) is 13.1. The van der Waals surface area contributed by atoms with Gasteiger partial charge in [0.05, 0.1) is 0 Å². The molecule has 1 atom stereocenters. The van der Waals surface area contributed by atoms with E-state index in [2.05, 4.69) is 4.72 Å². The van der Waals surface area contributed by atoms with E-state index in [1.54, 1.807) is 13.8 Å². The van der Waals surface area contributed by atoms with Crippen molar-refractivity contribution >= 4 is 10.2 Å². The van der Waals surface area contributed by atoms with Crippen LogP contribution in [0.3, 0.4) is 0 Å². The molecule has 102 valence electrons. The van der Waals surface area contributed by atoms with Crippen molar-refractivity contribution in [3.8, 4) is 0 Å². The van der Waals surface area contributed by atoms with Crippen molar-refractivity contribution in [3.05, 3.63) is 0 Å². The summed E-state index contributed by atoms with van der Waals surface area (Å²) in [6, 6.07) is 0.0613. The number of nitrogens with zero attached hydrogens (tertiary/aromatic N) is 1. The Bertz CT molecular complexity index is 341. The van der Waals surface area contributed by atoms with E-state index in [-0.39, 0.29) is 12.6 Å². The largest absolute Gasteiger partial charge is 0.396 e.